The van der Waals surface area contributed by atoms with Gasteiger partial charge in [-0.3, -0.25) is 4.79 Å². The number of rotatable bonds is 5. The van der Waals surface area contributed by atoms with Gasteiger partial charge in [-0.15, -0.1) is 18.9 Å². The van der Waals surface area contributed by atoms with E-state index in [0.717, 1.165) is 12.8 Å². The molecule has 16 heavy (non-hydrogen) atoms. The SMILES string of the molecule is C#CCC(N)C(=O)N(CC=C)C1CCCC1. The zero-order valence-electron chi connectivity index (χ0n) is 9.69. The van der Waals surface area contributed by atoms with Crippen molar-refractivity contribution in [1.29, 1.82) is 0 Å². The molecular formula is C13H20N2O. The van der Waals surface area contributed by atoms with Gasteiger partial charge in [0.25, 0.3) is 0 Å². The first-order valence-corrected chi connectivity index (χ1v) is 5.81. The smallest absolute Gasteiger partial charge is 0.241 e. The van der Waals surface area contributed by atoms with E-state index in [0.29, 0.717) is 19.0 Å². The first kappa shape index (κ1) is 12.8. The molecule has 1 atom stereocenters. The van der Waals surface area contributed by atoms with Crippen LogP contribution < -0.4 is 5.73 Å². The molecule has 1 aliphatic rings. The fourth-order valence-electron chi connectivity index (χ4n) is 2.20. The zero-order valence-corrected chi connectivity index (χ0v) is 9.69. The third-order valence-corrected chi connectivity index (χ3v) is 3.03. The average Bonchev–Trinajstić information content (AvgIpc) is 2.78. The Labute approximate surface area is 97.7 Å². The summed E-state index contributed by atoms with van der Waals surface area (Å²) in [7, 11) is 0. The van der Waals surface area contributed by atoms with Gasteiger partial charge in [0.05, 0.1) is 6.04 Å². The van der Waals surface area contributed by atoms with Crippen molar-refractivity contribution >= 4 is 5.91 Å². The Balaban J connectivity index is 2.64. The summed E-state index contributed by atoms with van der Waals surface area (Å²) in [6, 6.07) is -0.236. The first-order chi connectivity index (χ1) is 7.70. The normalized spacial score (nSPS) is 17.8. The van der Waals surface area contributed by atoms with Gasteiger partial charge >= 0.3 is 0 Å². The summed E-state index contributed by atoms with van der Waals surface area (Å²) in [5, 5.41) is 0. The maximum absolute atomic E-state index is 12.1. The largest absolute Gasteiger partial charge is 0.335 e. The van der Waals surface area contributed by atoms with Crippen LogP contribution in [-0.4, -0.2) is 29.4 Å². The summed E-state index contributed by atoms with van der Waals surface area (Å²) in [6.07, 6.45) is 11.8. The predicted octanol–water partition coefficient (Wildman–Crippen LogP) is 1.29. The van der Waals surface area contributed by atoms with Gasteiger partial charge in [-0.25, -0.2) is 0 Å². The maximum atomic E-state index is 12.1. The Kier molecular flexibility index (Phi) is 5.07. The molecule has 1 aliphatic carbocycles. The van der Waals surface area contributed by atoms with E-state index in [4.69, 9.17) is 12.2 Å². The Morgan fingerprint density at radius 2 is 2.25 bits per heavy atom. The molecule has 0 radical (unpaired) electrons. The van der Waals surface area contributed by atoms with Crippen molar-refractivity contribution in [3.05, 3.63) is 12.7 Å². The van der Waals surface area contributed by atoms with Gasteiger partial charge in [0, 0.05) is 19.0 Å². The number of hydrogen-bond donors (Lipinski definition) is 1. The third-order valence-electron chi connectivity index (χ3n) is 3.03. The molecule has 1 saturated carbocycles. The summed E-state index contributed by atoms with van der Waals surface area (Å²) in [5.41, 5.74) is 5.76. The van der Waals surface area contributed by atoms with Gasteiger partial charge < -0.3 is 10.6 Å². The van der Waals surface area contributed by atoms with Crippen LogP contribution >= 0.6 is 0 Å². The van der Waals surface area contributed by atoms with Crippen molar-refractivity contribution in [2.24, 2.45) is 5.73 Å². The minimum absolute atomic E-state index is 0.0373. The van der Waals surface area contributed by atoms with E-state index in [9.17, 15) is 4.79 Å². The second kappa shape index (κ2) is 6.34. The molecule has 0 heterocycles. The number of amides is 1. The fourth-order valence-corrected chi connectivity index (χ4v) is 2.20. The Hall–Kier alpha value is -1.27. The van der Waals surface area contributed by atoms with Crippen LogP contribution in [0, 0.1) is 12.3 Å². The molecule has 0 aromatic rings. The molecule has 0 spiro atoms. The highest BCUT2D eigenvalue weighted by atomic mass is 16.2. The monoisotopic (exact) mass is 220 g/mol. The van der Waals surface area contributed by atoms with Gasteiger partial charge in [-0.1, -0.05) is 18.9 Å². The number of nitrogens with two attached hydrogens (primary N) is 1. The quantitative estimate of drug-likeness (QED) is 0.560. The van der Waals surface area contributed by atoms with Crippen LogP contribution in [0.25, 0.3) is 0 Å². The molecule has 1 rings (SSSR count). The molecule has 0 aromatic heterocycles. The van der Waals surface area contributed by atoms with Crippen molar-refractivity contribution in [2.75, 3.05) is 6.54 Å². The van der Waals surface area contributed by atoms with Crippen LogP contribution in [0.3, 0.4) is 0 Å². The highest BCUT2D eigenvalue weighted by Gasteiger charge is 2.28. The van der Waals surface area contributed by atoms with E-state index < -0.39 is 6.04 Å². The molecule has 2 N–H and O–H groups in total. The van der Waals surface area contributed by atoms with Gasteiger partial charge in [-0.2, -0.15) is 0 Å². The van der Waals surface area contributed by atoms with Gasteiger partial charge in [0.2, 0.25) is 5.91 Å². The third kappa shape index (κ3) is 3.11. The second-order valence-corrected chi connectivity index (χ2v) is 4.23. The van der Waals surface area contributed by atoms with Gasteiger partial charge in [0.1, 0.15) is 0 Å². The van der Waals surface area contributed by atoms with E-state index in [1.54, 1.807) is 6.08 Å². The highest BCUT2D eigenvalue weighted by molar-refractivity contribution is 5.82. The van der Waals surface area contributed by atoms with E-state index >= 15 is 0 Å². The summed E-state index contributed by atoms with van der Waals surface area (Å²) in [4.78, 5) is 13.9. The summed E-state index contributed by atoms with van der Waals surface area (Å²) in [5.74, 6) is 2.40. The van der Waals surface area contributed by atoms with E-state index in [1.807, 2.05) is 4.90 Å². The van der Waals surface area contributed by atoms with Crippen molar-refractivity contribution in [1.82, 2.24) is 4.90 Å². The maximum Gasteiger partial charge on any atom is 0.241 e. The standard InChI is InChI=1S/C13H20N2O/c1-3-7-12(14)13(16)15(10-4-2)11-8-5-6-9-11/h1,4,11-12H,2,5-10,14H2. The van der Waals surface area contributed by atoms with Crippen LogP contribution in [-0.2, 0) is 4.79 Å². The molecule has 3 nitrogen and oxygen atoms in total. The molecule has 1 fully saturated rings. The molecular weight excluding hydrogens is 200 g/mol. The number of carbonyl (C=O) groups excluding carboxylic acids is 1. The second-order valence-electron chi connectivity index (χ2n) is 4.23. The van der Waals surface area contributed by atoms with Crippen LogP contribution in [0.1, 0.15) is 32.1 Å². The first-order valence-electron chi connectivity index (χ1n) is 5.81. The summed E-state index contributed by atoms with van der Waals surface area (Å²) < 4.78 is 0. The Morgan fingerprint density at radius 3 is 2.75 bits per heavy atom. The lowest BCUT2D eigenvalue weighted by atomic mass is 10.1. The van der Waals surface area contributed by atoms with Crippen LogP contribution in [0.4, 0.5) is 0 Å². The average molecular weight is 220 g/mol. The molecule has 3 heteroatoms. The summed E-state index contributed by atoms with van der Waals surface area (Å²) in [6.45, 7) is 4.26. The predicted molar refractivity (Wildman–Crippen MR) is 65.6 cm³/mol. The van der Waals surface area contributed by atoms with Gasteiger partial charge in [0.15, 0.2) is 0 Å². The topological polar surface area (TPSA) is 46.3 Å². The number of terminal acetylenes is 1. The van der Waals surface area contributed by atoms with Crippen molar-refractivity contribution in [3.63, 3.8) is 0 Å². The molecule has 88 valence electrons. The zero-order chi connectivity index (χ0) is 12.0. The molecule has 0 bridgehead atoms. The van der Waals surface area contributed by atoms with Crippen molar-refractivity contribution in [2.45, 2.75) is 44.2 Å². The number of carbonyl (C=O) groups is 1. The van der Waals surface area contributed by atoms with Crippen LogP contribution in [0.15, 0.2) is 12.7 Å². The Bertz CT molecular complexity index is 287. The van der Waals surface area contributed by atoms with E-state index in [-0.39, 0.29) is 5.91 Å². The van der Waals surface area contributed by atoms with Crippen molar-refractivity contribution < 1.29 is 4.79 Å². The van der Waals surface area contributed by atoms with E-state index in [1.165, 1.54) is 12.8 Å². The lowest BCUT2D eigenvalue weighted by Gasteiger charge is -2.29. The molecule has 1 amide bonds. The number of nitrogens with zero attached hydrogens (tertiary/aromatic N) is 1. The van der Waals surface area contributed by atoms with Crippen LogP contribution in [0.5, 0.6) is 0 Å². The van der Waals surface area contributed by atoms with Gasteiger partial charge in [-0.05, 0) is 12.8 Å². The van der Waals surface area contributed by atoms with Crippen molar-refractivity contribution in [3.8, 4) is 12.3 Å². The fraction of sp³-hybridized carbons (Fsp3) is 0.615. The lowest BCUT2D eigenvalue weighted by Crippen LogP contribution is -2.47. The highest BCUT2D eigenvalue weighted by Crippen LogP contribution is 2.24. The Morgan fingerprint density at radius 1 is 1.62 bits per heavy atom. The van der Waals surface area contributed by atoms with E-state index in [2.05, 4.69) is 12.5 Å². The molecule has 0 aromatic carbocycles. The minimum atomic E-state index is -0.564. The molecule has 1 unspecified atom stereocenters. The van der Waals surface area contributed by atoms with Crippen LogP contribution in [0.2, 0.25) is 0 Å². The summed E-state index contributed by atoms with van der Waals surface area (Å²) >= 11 is 0. The lowest BCUT2D eigenvalue weighted by molar-refractivity contribution is -0.134. The minimum Gasteiger partial charge on any atom is -0.335 e. The molecule has 0 aliphatic heterocycles. The number of hydrogen-bond acceptors (Lipinski definition) is 2. The molecule has 0 saturated heterocycles.